The SMILES string of the molecule is Cl.O=C(N[C@@H]1CNCC[C@H]1c1cccc(F)c1)c1ccc(F)cc1. The molecule has 6 heteroatoms. The van der Waals surface area contributed by atoms with Crippen molar-refractivity contribution in [3.63, 3.8) is 0 Å². The van der Waals surface area contributed by atoms with Crippen LogP contribution < -0.4 is 10.6 Å². The molecule has 0 aromatic heterocycles. The summed E-state index contributed by atoms with van der Waals surface area (Å²) in [6.07, 6.45) is 0.817. The number of hydrogen-bond donors (Lipinski definition) is 2. The van der Waals surface area contributed by atoms with Crippen LogP contribution in [0.25, 0.3) is 0 Å². The van der Waals surface area contributed by atoms with Crippen LogP contribution in [-0.2, 0) is 0 Å². The number of piperidine rings is 1. The first-order valence-electron chi connectivity index (χ1n) is 7.66. The van der Waals surface area contributed by atoms with Gasteiger partial charge in [-0.1, -0.05) is 12.1 Å². The van der Waals surface area contributed by atoms with E-state index in [4.69, 9.17) is 0 Å². The third-order valence-corrected chi connectivity index (χ3v) is 4.18. The lowest BCUT2D eigenvalue weighted by Gasteiger charge is -2.33. The molecule has 1 amide bonds. The highest BCUT2D eigenvalue weighted by atomic mass is 35.5. The average Bonchev–Trinajstić information content (AvgIpc) is 2.56. The number of amides is 1. The topological polar surface area (TPSA) is 41.1 Å². The first-order valence-corrected chi connectivity index (χ1v) is 7.66. The number of hydrogen-bond acceptors (Lipinski definition) is 2. The summed E-state index contributed by atoms with van der Waals surface area (Å²) in [6, 6.07) is 11.8. The Morgan fingerprint density at radius 2 is 1.83 bits per heavy atom. The number of halogens is 3. The number of benzene rings is 2. The van der Waals surface area contributed by atoms with Crippen molar-refractivity contribution in [3.05, 3.63) is 71.3 Å². The molecule has 1 aliphatic heterocycles. The largest absolute Gasteiger partial charge is 0.347 e. The van der Waals surface area contributed by atoms with Gasteiger partial charge in [-0.2, -0.15) is 0 Å². The minimum absolute atomic E-state index is 0. The highest BCUT2D eigenvalue weighted by Crippen LogP contribution is 2.26. The fourth-order valence-electron chi connectivity index (χ4n) is 3.00. The van der Waals surface area contributed by atoms with Crippen molar-refractivity contribution in [2.24, 2.45) is 0 Å². The second-order valence-corrected chi connectivity index (χ2v) is 5.74. The van der Waals surface area contributed by atoms with Gasteiger partial charge in [0.05, 0.1) is 0 Å². The summed E-state index contributed by atoms with van der Waals surface area (Å²) >= 11 is 0. The highest BCUT2D eigenvalue weighted by molar-refractivity contribution is 5.94. The molecule has 128 valence electrons. The van der Waals surface area contributed by atoms with Gasteiger partial charge in [0.1, 0.15) is 11.6 Å². The fourth-order valence-corrected chi connectivity index (χ4v) is 3.00. The maximum Gasteiger partial charge on any atom is 0.251 e. The molecule has 1 saturated heterocycles. The lowest BCUT2D eigenvalue weighted by Crippen LogP contribution is -2.50. The maximum atomic E-state index is 13.5. The van der Waals surface area contributed by atoms with Crippen LogP contribution >= 0.6 is 12.4 Å². The van der Waals surface area contributed by atoms with E-state index in [9.17, 15) is 13.6 Å². The van der Waals surface area contributed by atoms with E-state index in [1.165, 1.54) is 36.4 Å². The Balaban J connectivity index is 0.00000208. The van der Waals surface area contributed by atoms with Crippen LogP contribution in [-0.4, -0.2) is 25.0 Å². The predicted molar refractivity (Wildman–Crippen MR) is 91.5 cm³/mol. The summed E-state index contributed by atoms with van der Waals surface area (Å²) in [7, 11) is 0. The zero-order valence-electron chi connectivity index (χ0n) is 13.0. The van der Waals surface area contributed by atoms with E-state index in [1.54, 1.807) is 6.07 Å². The van der Waals surface area contributed by atoms with E-state index >= 15 is 0 Å². The predicted octanol–water partition coefficient (Wildman–Crippen LogP) is 3.26. The quantitative estimate of drug-likeness (QED) is 0.890. The molecule has 2 aromatic carbocycles. The molecule has 1 fully saturated rings. The zero-order valence-corrected chi connectivity index (χ0v) is 13.8. The van der Waals surface area contributed by atoms with Crippen LogP contribution in [0.4, 0.5) is 8.78 Å². The summed E-state index contributed by atoms with van der Waals surface area (Å²) < 4.78 is 26.4. The Morgan fingerprint density at radius 1 is 1.08 bits per heavy atom. The summed E-state index contributed by atoms with van der Waals surface area (Å²) in [6.45, 7) is 1.44. The van der Waals surface area contributed by atoms with Crippen LogP contribution in [0, 0.1) is 11.6 Å². The van der Waals surface area contributed by atoms with Crippen molar-refractivity contribution in [3.8, 4) is 0 Å². The van der Waals surface area contributed by atoms with Gasteiger partial charge in [-0.05, 0) is 54.9 Å². The van der Waals surface area contributed by atoms with Gasteiger partial charge in [0.2, 0.25) is 0 Å². The van der Waals surface area contributed by atoms with E-state index in [2.05, 4.69) is 10.6 Å². The summed E-state index contributed by atoms with van der Waals surface area (Å²) in [5.74, 6) is -0.848. The van der Waals surface area contributed by atoms with E-state index in [0.717, 1.165) is 18.5 Å². The molecule has 0 bridgehead atoms. The van der Waals surface area contributed by atoms with Crippen molar-refractivity contribution >= 4 is 18.3 Å². The first kappa shape index (κ1) is 18.4. The van der Waals surface area contributed by atoms with Crippen molar-refractivity contribution < 1.29 is 13.6 Å². The molecular formula is C18H19ClF2N2O. The maximum absolute atomic E-state index is 13.5. The molecule has 0 radical (unpaired) electrons. The van der Waals surface area contributed by atoms with Gasteiger partial charge < -0.3 is 10.6 Å². The standard InChI is InChI=1S/C18H18F2N2O.ClH/c19-14-6-4-12(5-7-14)18(23)22-17-11-21-9-8-16(17)13-2-1-3-15(20)10-13;/h1-7,10,16-17,21H,8-9,11H2,(H,22,23);1H/t16-,17+;/m0./s1. The fraction of sp³-hybridized carbons (Fsp3) is 0.278. The zero-order chi connectivity index (χ0) is 16.2. The van der Waals surface area contributed by atoms with Crippen LogP contribution in [0.3, 0.4) is 0 Å². The molecule has 2 aromatic rings. The minimum atomic E-state index is -0.376. The second-order valence-electron chi connectivity index (χ2n) is 5.74. The van der Waals surface area contributed by atoms with Gasteiger partial charge in [-0.15, -0.1) is 12.4 Å². The first-order chi connectivity index (χ1) is 11.1. The molecule has 3 rings (SSSR count). The van der Waals surface area contributed by atoms with E-state index < -0.39 is 0 Å². The molecule has 1 aliphatic rings. The Labute approximate surface area is 145 Å². The second kappa shape index (κ2) is 8.22. The molecule has 2 N–H and O–H groups in total. The Bertz CT molecular complexity index is 694. The molecule has 2 atom stereocenters. The monoisotopic (exact) mass is 352 g/mol. The molecular weight excluding hydrogens is 334 g/mol. The summed E-state index contributed by atoms with van der Waals surface area (Å²) in [5, 5.41) is 6.22. The third-order valence-electron chi connectivity index (χ3n) is 4.18. The van der Waals surface area contributed by atoms with Crippen LogP contribution in [0.2, 0.25) is 0 Å². The average molecular weight is 353 g/mol. The van der Waals surface area contributed by atoms with E-state index in [-0.39, 0.29) is 41.9 Å². The van der Waals surface area contributed by atoms with Gasteiger partial charge in [0.15, 0.2) is 0 Å². The molecule has 0 unspecified atom stereocenters. The normalized spacial score (nSPS) is 20.1. The van der Waals surface area contributed by atoms with Crippen molar-refractivity contribution in [1.29, 1.82) is 0 Å². The molecule has 3 nitrogen and oxygen atoms in total. The Morgan fingerprint density at radius 3 is 2.54 bits per heavy atom. The van der Waals surface area contributed by atoms with Crippen molar-refractivity contribution in [2.45, 2.75) is 18.4 Å². The Kier molecular flexibility index (Phi) is 6.29. The highest BCUT2D eigenvalue weighted by Gasteiger charge is 2.28. The number of carbonyl (C=O) groups is 1. The van der Waals surface area contributed by atoms with E-state index in [0.29, 0.717) is 12.1 Å². The number of rotatable bonds is 3. The van der Waals surface area contributed by atoms with Crippen molar-refractivity contribution in [2.75, 3.05) is 13.1 Å². The summed E-state index contributed by atoms with van der Waals surface area (Å²) in [5.41, 5.74) is 1.30. The molecule has 0 spiro atoms. The molecule has 0 aliphatic carbocycles. The van der Waals surface area contributed by atoms with Crippen LogP contribution in [0.5, 0.6) is 0 Å². The smallest absolute Gasteiger partial charge is 0.251 e. The van der Waals surface area contributed by atoms with Crippen molar-refractivity contribution in [1.82, 2.24) is 10.6 Å². The lowest BCUT2D eigenvalue weighted by atomic mass is 9.86. The van der Waals surface area contributed by atoms with Gasteiger partial charge in [-0.25, -0.2) is 8.78 Å². The number of carbonyl (C=O) groups excluding carboxylic acids is 1. The lowest BCUT2D eigenvalue weighted by molar-refractivity contribution is 0.0924. The van der Waals surface area contributed by atoms with Crippen LogP contribution in [0.1, 0.15) is 28.3 Å². The third kappa shape index (κ3) is 4.30. The van der Waals surface area contributed by atoms with Crippen LogP contribution in [0.15, 0.2) is 48.5 Å². The van der Waals surface area contributed by atoms with Gasteiger partial charge in [-0.3, -0.25) is 4.79 Å². The molecule has 0 saturated carbocycles. The van der Waals surface area contributed by atoms with Gasteiger partial charge >= 0.3 is 0 Å². The molecule has 24 heavy (non-hydrogen) atoms. The minimum Gasteiger partial charge on any atom is -0.347 e. The molecule has 1 heterocycles. The Hall–Kier alpha value is -1.98. The van der Waals surface area contributed by atoms with Gasteiger partial charge in [0, 0.05) is 24.1 Å². The van der Waals surface area contributed by atoms with Gasteiger partial charge in [0.25, 0.3) is 5.91 Å². The summed E-state index contributed by atoms with van der Waals surface area (Å²) in [4.78, 5) is 12.3. The van der Waals surface area contributed by atoms with E-state index in [1.807, 2.05) is 6.07 Å². The number of nitrogens with one attached hydrogen (secondary N) is 2.